The van der Waals surface area contributed by atoms with Crippen LogP contribution in [-0.4, -0.2) is 43.7 Å². The second-order valence-electron chi connectivity index (χ2n) is 7.78. The van der Waals surface area contributed by atoms with Gasteiger partial charge in [-0.1, -0.05) is 19.3 Å². The summed E-state index contributed by atoms with van der Waals surface area (Å²) >= 11 is 0. The van der Waals surface area contributed by atoms with Gasteiger partial charge in [0, 0.05) is 25.2 Å². The Morgan fingerprint density at radius 2 is 1.92 bits per heavy atom. The molecule has 1 aliphatic heterocycles. The van der Waals surface area contributed by atoms with Crippen LogP contribution in [-0.2, 0) is 0 Å². The highest BCUT2D eigenvalue weighted by Gasteiger charge is 2.34. The molecule has 1 saturated heterocycles. The van der Waals surface area contributed by atoms with E-state index < -0.39 is 0 Å². The van der Waals surface area contributed by atoms with Crippen molar-refractivity contribution >= 4 is 6.03 Å². The minimum absolute atomic E-state index is 0.0758. The van der Waals surface area contributed by atoms with E-state index in [2.05, 4.69) is 33.5 Å². The van der Waals surface area contributed by atoms with Crippen molar-refractivity contribution in [3.8, 4) is 0 Å². The molecule has 138 valence electrons. The van der Waals surface area contributed by atoms with Gasteiger partial charge in [0.25, 0.3) is 0 Å². The fourth-order valence-corrected chi connectivity index (χ4v) is 4.70. The van der Waals surface area contributed by atoms with E-state index in [1.54, 1.807) is 0 Å². The minimum Gasteiger partial charge on any atom is -0.335 e. The highest BCUT2D eigenvalue weighted by atomic mass is 16.2. The quantitative estimate of drug-likeness (QED) is 0.435. The third-order valence-electron chi connectivity index (χ3n) is 5.84. The summed E-state index contributed by atoms with van der Waals surface area (Å²) in [6, 6.07) is 0.588. The molecule has 3 rings (SSSR count). The normalized spacial score (nSPS) is 39.2. The molecule has 7 N–H and O–H groups in total. The van der Waals surface area contributed by atoms with Crippen molar-refractivity contribution in [1.82, 2.24) is 26.6 Å². The number of nitrogens with two attached hydrogens (primary N) is 1. The molecule has 2 amide bonds. The molecule has 6 unspecified atom stereocenters. The van der Waals surface area contributed by atoms with Gasteiger partial charge in [0.1, 0.15) is 6.29 Å². The van der Waals surface area contributed by atoms with Gasteiger partial charge in [-0.05, 0) is 44.4 Å². The predicted octanol–water partition coefficient (Wildman–Crippen LogP) is 0.384. The van der Waals surface area contributed by atoms with E-state index in [9.17, 15) is 4.79 Å². The van der Waals surface area contributed by atoms with Gasteiger partial charge in [-0.3, -0.25) is 10.6 Å². The Kier molecular flexibility index (Phi) is 6.32. The van der Waals surface area contributed by atoms with Crippen molar-refractivity contribution in [1.29, 1.82) is 0 Å². The first-order valence-corrected chi connectivity index (χ1v) is 9.66. The van der Waals surface area contributed by atoms with Gasteiger partial charge in [0.15, 0.2) is 0 Å². The van der Waals surface area contributed by atoms with E-state index in [0.717, 1.165) is 37.6 Å². The smallest absolute Gasteiger partial charge is 0.317 e. The lowest BCUT2D eigenvalue weighted by atomic mass is 9.79. The zero-order valence-corrected chi connectivity index (χ0v) is 14.8. The van der Waals surface area contributed by atoms with Crippen LogP contribution in [0.2, 0.25) is 0 Å². The van der Waals surface area contributed by atoms with Gasteiger partial charge in [-0.15, -0.1) is 0 Å². The summed E-state index contributed by atoms with van der Waals surface area (Å²) in [5.74, 6) is 1.75. The molecule has 2 saturated carbocycles. The molecule has 2 aliphatic carbocycles. The summed E-state index contributed by atoms with van der Waals surface area (Å²) in [6.07, 6.45) is 8.59. The number of amides is 2. The first-order valence-electron chi connectivity index (χ1n) is 9.66. The summed E-state index contributed by atoms with van der Waals surface area (Å²) in [7, 11) is 0. The third-order valence-corrected chi connectivity index (χ3v) is 5.84. The van der Waals surface area contributed by atoms with Gasteiger partial charge in [0.2, 0.25) is 0 Å². The Balaban J connectivity index is 1.42. The standard InChI is InChI=1S/C17H34N6O/c1-11-9-15(19-8-7-18)22-16(20-11)23-17(24)21-14-6-5-12-3-2-4-13(12)10-14/h11-16,19-20,22H,2-10,18H2,1H3,(H2,21,23,24). The molecule has 7 nitrogen and oxygen atoms in total. The van der Waals surface area contributed by atoms with Crippen molar-refractivity contribution in [2.45, 2.75) is 76.4 Å². The Bertz CT molecular complexity index is 420. The lowest BCUT2D eigenvalue weighted by Gasteiger charge is -2.37. The summed E-state index contributed by atoms with van der Waals surface area (Å²) in [4.78, 5) is 12.4. The fourth-order valence-electron chi connectivity index (χ4n) is 4.70. The second-order valence-corrected chi connectivity index (χ2v) is 7.78. The van der Waals surface area contributed by atoms with Crippen LogP contribution in [0.3, 0.4) is 0 Å². The van der Waals surface area contributed by atoms with Crippen LogP contribution in [0.5, 0.6) is 0 Å². The number of carbonyl (C=O) groups excluding carboxylic acids is 1. The van der Waals surface area contributed by atoms with Gasteiger partial charge >= 0.3 is 6.03 Å². The first-order chi connectivity index (χ1) is 11.6. The second kappa shape index (κ2) is 8.47. The lowest BCUT2D eigenvalue weighted by Crippen LogP contribution is -2.68. The zero-order valence-electron chi connectivity index (χ0n) is 14.8. The Morgan fingerprint density at radius 1 is 1.08 bits per heavy atom. The van der Waals surface area contributed by atoms with Gasteiger partial charge in [-0.25, -0.2) is 4.79 Å². The fraction of sp³-hybridized carbons (Fsp3) is 0.941. The molecule has 0 spiro atoms. The molecule has 0 bridgehead atoms. The minimum atomic E-state index is -0.216. The molecule has 0 aromatic carbocycles. The molecule has 24 heavy (non-hydrogen) atoms. The molecule has 1 heterocycles. The average molecular weight is 339 g/mol. The van der Waals surface area contributed by atoms with Crippen LogP contribution in [0.15, 0.2) is 0 Å². The molecule has 0 radical (unpaired) electrons. The van der Waals surface area contributed by atoms with E-state index in [1.165, 1.54) is 25.7 Å². The van der Waals surface area contributed by atoms with Crippen molar-refractivity contribution in [2.24, 2.45) is 17.6 Å². The number of hydrogen-bond donors (Lipinski definition) is 6. The van der Waals surface area contributed by atoms with Crippen LogP contribution in [0.4, 0.5) is 4.79 Å². The number of urea groups is 1. The third kappa shape index (κ3) is 4.81. The lowest BCUT2D eigenvalue weighted by molar-refractivity contribution is 0.179. The molecule has 6 atom stereocenters. The number of nitrogens with one attached hydrogen (secondary N) is 5. The molecule has 0 aromatic rings. The Morgan fingerprint density at radius 3 is 2.75 bits per heavy atom. The molecule has 0 aromatic heterocycles. The van der Waals surface area contributed by atoms with E-state index >= 15 is 0 Å². The molecular formula is C17H34N6O. The summed E-state index contributed by atoms with van der Waals surface area (Å²) < 4.78 is 0. The van der Waals surface area contributed by atoms with Crippen LogP contribution in [0.1, 0.15) is 51.9 Å². The van der Waals surface area contributed by atoms with Gasteiger partial charge < -0.3 is 21.7 Å². The topological polar surface area (TPSA) is 103 Å². The SMILES string of the molecule is CC1CC(NCCN)NC(NC(=O)NC2CCC3CCCC3C2)N1. The first kappa shape index (κ1) is 17.9. The number of rotatable bonds is 5. The van der Waals surface area contributed by atoms with Crippen molar-refractivity contribution < 1.29 is 4.79 Å². The summed E-state index contributed by atoms with van der Waals surface area (Å²) in [5, 5.41) is 16.3. The summed E-state index contributed by atoms with van der Waals surface area (Å²) in [6.45, 7) is 3.52. The number of carbonyl (C=O) groups is 1. The van der Waals surface area contributed by atoms with Crippen LogP contribution in [0.25, 0.3) is 0 Å². The monoisotopic (exact) mass is 338 g/mol. The molecule has 3 aliphatic rings. The van der Waals surface area contributed by atoms with Gasteiger partial charge in [-0.2, -0.15) is 0 Å². The highest BCUT2D eigenvalue weighted by Crippen LogP contribution is 2.41. The zero-order chi connectivity index (χ0) is 16.9. The maximum absolute atomic E-state index is 12.4. The Hall–Kier alpha value is -0.890. The van der Waals surface area contributed by atoms with E-state index in [-0.39, 0.29) is 18.5 Å². The van der Waals surface area contributed by atoms with Crippen LogP contribution >= 0.6 is 0 Å². The van der Waals surface area contributed by atoms with Crippen molar-refractivity contribution in [2.75, 3.05) is 13.1 Å². The van der Waals surface area contributed by atoms with Crippen LogP contribution in [0, 0.1) is 11.8 Å². The van der Waals surface area contributed by atoms with E-state index in [0.29, 0.717) is 18.6 Å². The molecule has 3 fully saturated rings. The number of hydrogen-bond acceptors (Lipinski definition) is 5. The predicted molar refractivity (Wildman–Crippen MR) is 95.1 cm³/mol. The molecular weight excluding hydrogens is 304 g/mol. The summed E-state index contributed by atoms with van der Waals surface area (Å²) in [5.41, 5.74) is 5.55. The van der Waals surface area contributed by atoms with Crippen molar-refractivity contribution in [3.63, 3.8) is 0 Å². The van der Waals surface area contributed by atoms with Crippen LogP contribution < -0.4 is 32.3 Å². The Labute approximate surface area is 145 Å². The van der Waals surface area contributed by atoms with Crippen molar-refractivity contribution in [3.05, 3.63) is 0 Å². The van der Waals surface area contributed by atoms with E-state index in [4.69, 9.17) is 5.73 Å². The molecule has 7 heteroatoms. The highest BCUT2D eigenvalue weighted by molar-refractivity contribution is 5.74. The number of fused-ring (bicyclic) bond motifs is 1. The maximum atomic E-state index is 12.4. The average Bonchev–Trinajstić information content (AvgIpc) is 3.00. The van der Waals surface area contributed by atoms with E-state index in [1.807, 2.05) is 0 Å². The van der Waals surface area contributed by atoms with Gasteiger partial charge in [0.05, 0.1) is 6.17 Å². The maximum Gasteiger partial charge on any atom is 0.317 e. The largest absolute Gasteiger partial charge is 0.335 e.